The summed E-state index contributed by atoms with van der Waals surface area (Å²) in [5.41, 5.74) is 0.0623. The summed E-state index contributed by atoms with van der Waals surface area (Å²) in [7, 11) is 6.45. The lowest BCUT2D eigenvalue weighted by Gasteiger charge is -2.39. The molecule has 1 heterocycles. The Hall–Kier alpha value is -6.88. The molecule has 0 radical (unpaired) electrons. The predicted molar refractivity (Wildman–Crippen MR) is 274 cm³/mol. The van der Waals surface area contributed by atoms with Crippen LogP contribution in [-0.4, -0.2) is 181 Å². The Balaban J connectivity index is 3.01. The van der Waals surface area contributed by atoms with Crippen LogP contribution < -0.4 is 21.3 Å². The summed E-state index contributed by atoms with van der Waals surface area (Å²) in [5, 5.41) is 11.5. The number of hydrogen-bond acceptors (Lipinski definition) is 16. The summed E-state index contributed by atoms with van der Waals surface area (Å²) in [6.45, 7) is 24.0. The fourth-order valence-corrected chi connectivity index (χ4v) is 7.88. The third kappa shape index (κ3) is 17.6. The average Bonchev–Trinajstić information content (AvgIpc) is 3.36. The molecule has 4 N–H and O–H groups in total. The van der Waals surface area contributed by atoms with Gasteiger partial charge in [-0.15, -0.1) is 0 Å². The molecule has 2 rings (SSSR count). The van der Waals surface area contributed by atoms with Gasteiger partial charge >= 0.3 is 17.9 Å². The number of nitrogens with zero attached hydrogens (tertiary/aromatic N) is 4. The maximum absolute atomic E-state index is 15.3. The Morgan fingerprint density at radius 1 is 0.853 bits per heavy atom. The van der Waals surface area contributed by atoms with Crippen LogP contribution in [-0.2, 0) is 78.2 Å². The van der Waals surface area contributed by atoms with Gasteiger partial charge in [-0.2, -0.15) is 0 Å². The van der Waals surface area contributed by atoms with Crippen LogP contribution in [0.4, 0.5) is 0 Å². The zero-order valence-corrected chi connectivity index (χ0v) is 46.3. The summed E-state index contributed by atoms with van der Waals surface area (Å²) in [6, 6.07) is -1.14. The van der Waals surface area contributed by atoms with E-state index in [1.54, 1.807) is 78.8 Å². The molecule has 0 saturated carbocycles. The second kappa shape index (κ2) is 29.3. The molecular formula is C52H80N8O15. The summed E-state index contributed by atoms with van der Waals surface area (Å²) in [4.78, 5) is 150. The largest absolute Gasteiger partial charge is 0.458 e. The van der Waals surface area contributed by atoms with Gasteiger partial charge in [-0.25, -0.2) is 14.4 Å². The predicted octanol–water partition coefficient (Wildman–Crippen LogP) is 1.39. The van der Waals surface area contributed by atoms with E-state index in [4.69, 9.17) is 23.8 Å². The maximum atomic E-state index is 15.3. The molecule has 0 spiro atoms. The number of hydroxylamine groups is 2. The van der Waals surface area contributed by atoms with E-state index < -0.39 is 149 Å². The van der Waals surface area contributed by atoms with Gasteiger partial charge in [0.15, 0.2) is 24.2 Å². The minimum Gasteiger partial charge on any atom is -0.458 e. The van der Waals surface area contributed by atoms with Gasteiger partial charge in [0.25, 0.3) is 11.8 Å². The van der Waals surface area contributed by atoms with Crippen molar-refractivity contribution in [3.8, 4) is 0 Å². The Labute approximate surface area is 440 Å². The van der Waals surface area contributed by atoms with Crippen molar-refractivity contribution in [1.29, 1.82) is 0 Å². The highest BCUT2D eigenvalue weighted by Crippen LogP contribution is 2.24. The molecule has 11 atom stereocenters. The van der Waals surface area contributed by atoms with E-state index >= 15 is 4.79 Å². The van der Waals surface area contributed by atoms with Gasteiger partial charge in [-0.3, -0.25) is 43.5 Å². The highest BCUT2D eigenvalue weighted by atomic mass is 16.7. The van der Waals surface area contributed by atoms with Crippen molar-refractivity contribution in [2.75, 3.05) is 35.3 Å². The molecule has 0 aliphatic carbocycles. The van der Waals surface area contributed by atoms with Crippen LogP contribution in [0.1, 0.15) is 88.1 Å². The number of amides is 7. The smallest absolute Gasteiger partial charge is 0.333 e. The van der Waals surface area contributed by atoms with Gasteiger partial charge < -0.3 is 54.9 Å². The van der Waals surface area contributed by atoms with Crippen LogP contribution in [0.25, 0.3) is 0 Å². The van der Waals surface area contributed by atoms with E-state index in [1.165, 1.54) is 67.3 Å². The van der Waals surface area contributed by atoms with Crippen LogP contribution in [0.15, 0.2) is 55.4 Å². The number of rotatable bonds is 17. The number of esters is 3. The van der Waals surface area contributed by atoms with Crippen molar-refractivity contribution in [1.82, 2.24) is 41.0 Å². The van der Waals surface area contributed by atoms with Crippen molar-refractivity contribution >= 4 is 59.3 Å². The van der Waals surface area contributed by atoms with Crippen molar-refractivity contribution in [2.45, 2.75) is 156 Å². The van der Waals surface area contributed by atoms with Gasteiger partial charge in [0, 0.05) is 61.3 Å². The quantitative estimate of drug-likeness (QED) is 0.0743. The zero-order chi connectivity index (χ0) is 57.3. The minimum atomic E-state index is -1.86. The molecule has 1 fully saturated rings. The summed E-state index contributed by atoms with van der Waals surface area (Å²) in [5.74, 6) is -11.5. The maximum Gasteiger partial charge on any atom is 0.333 e. The molecule has 0 unspecified atom stereocenters. The molecule has 1 aliphatic heterocycles. The van der Waals surface area contributed by atoms with E-state index in [9.17, 15) is 43.2 Å². The molecule has 7 amide bonds. The van der Waals surface area contributed by atoms with Gasteiger partial charge in [0.05, 0.1) is 6.10 Å². The number of benzene rings is 1. The Morgan fingerprint density at radius 2 is 1.45 bits per heavy atom. The number of cyclic esters (lactones) is 2. The molecule has 1 aliphatic rings. The highest BCUT2D eigenvalue weighted by Gasteiger charge is 2.47. The molecule has 1 saturated heterocycles. The van der Waals surface area contributed by atoms with E-state index in [1.807, 2.05) is 0 Å². The minimum absolute atomic E-state index is 0.0340. The summed E-state index contributed by atoms with van der Waals surface area (Å²) < 4.78 is 23.7. The highest BCUT2D eigenvalue weighted by molar-refractivity contribution is 6.01. The second-order valence-electron chi connectivity index (χ2n) is 19.5. The van der Waals surface area contributed by atoms with E-state index in [2.05, 4.69) is 34.4 Å². The molecule has 0 aromatic heterocycles. The number of hydrogen-bond donors (Lipinski definition) is 4. The van der Waals surface area contributed by atoms with Crippen LogP contribution in [0.5, 0.6) is 0 Å². The van der Waals surface area contributed by atoms with E-state index in [0.717, 1.165) is 21.6 Å². The van der Waals surface area contributed by atoms with Crippen molar-refractivity contribution in [2.24, 2.45) is 17.8 Å². The SMILES string of the molecule is C=CN(C)O[C@H](C(C)C)[C@H](NC(=O)CC)C(=O)O[C@H](C(C)C)[C@@H]1NC(=O)[C@H](C)N(C)C(=O)[C@H](C)NC(=O)C(=C)N(C)C(=O)[C@@H](Cc2ccccc2)OC(=O)[C@@H](NC(C)=O)[C@@H](C(C)C)OC(=O)[C@H]([C@@H](C)OC)N(C)C1=O. The fraction of sp³-hybridized carbons (Fsp3) is 0.615. The number of likely N-dealkylation sites (N-methyl/N-ethyl adjacent to an activating group) is 3. The summed E-state index contributed by atoms with van der Waals surface area (Å²) >= 11 is 0. The van der Waals surface area contributed by atoms with Crippen molar-refractivity contribution in [3.63, 3.8) is 0 Å². The Bertz CT molecular complexity index is 2220. The normalized spacial score (nSPS) is 23.9. The van der Waals surface area contributed by atoms with Gasteiger partial charge in [0.2, 0.25) is 29.5 Å². The van der Waals surface area contributed by atoms with E-state index in [0.29, 0.717) is 5.56 Å². The third-order valence-corrected chi connectivity index (χ3v) is 12.7. The molecule has 23 nitrogen and oxygen atoms in total. The number of carbonyl (C=O) groups is 10. The van der Waals surface area contributed by atoms with Crippen LogP contribution in [0.3, 0.4) is 0 Å². The molecule has 0 bridgehead atoms. The fourth-order valence-electron chi connectivity index (χ4n) is 7.88. The number of carbonyl (C=O) groups excluding carboxylic acids is 10. The lowest BCUT2D eigenvalue weighted by Crippen LogP contribution is -2.64. The Kier molecular flexibility index (Phi) is 25.1. The molecule has 23 heteroatoms. The van der Waals surface area contributed by atoms with Gasteiger partial charge in [-0.05, 0) is 44.1 Å². The topological polar surface area (TPSA) is 278 Å². The first kappa shape index (κ1) is 64.2. The zero-order valence-electron chi connectivity index (χ0n) is 46.3. The first-order valence-corrected chi connectivity index (χ1v) is 24.8. The summed E-state index contributed by atoms with van der Waals surface area (Å²) in [6.07, 6.45) is -5.98. The molecule has 1 aromatic carbocycles. The first-order valence-electron chi connectivity index (χ1n) is 24.8. The first-order chi connectivity index (χ1) is 34.9. The number of nitrogens with one attached hydrogen (secondary N) is 4. The van der Waals surface area contributed by atoms with Crippen LogP contribution >= 0.6 is 0 Å². The molecule has 75 heavy (non-hydrogen) atoms. The van der Waals surface area contributed by atoms with Gasteiger partial charge in [0.1, 0.15) is 42.1 Å². The average molecular weight is 1060 g/mol. The van der Waals surface area contributed by atoms with E-state index in [-0.39, 0.29) is 12.8 Å². The second-order valence-corrected chi connectivity index (χ2v) is 19.5. The van der Waals surface area contributed by atoms with Gasteiger partial charge in [-0.1, -0.05) is 92.0 Å². The van der Waals surface area contributed by atoms with Crippen molar-refractivity contribution < 1.29 is 71.7 Å². The van der Waals surface area contributed by atoms with Crippen molar-refractivity contribution in [3.05, 3.63) is 61.0 Å². The third-order valence-electron chi connectivity index (χ3n) is 12.7. The Morgan fingerprint density at radius 3 is 1.96 bits per heavy atom. The van der Waals surface area contributed by atoms with Crippen LogP contribution in [0, 0.1) is 17.8 Å². The standard InChI is InChI=1S/C52H80N8O15/c1-19-37(62)55-40(44(29(7)8)75-57(14)20-2)51(69)73-42(27(3)4)38-49(67)60(17)41(33(12)71-18)52(70)74-43(28(5)6)39(54-34(13)61)50(68)72-36(26-35-24-22-21-23-25-35)48(66)59(16)31(10)45(63)53-30(9)47(65)58(15)32(11)46(64)56-38/h20-25,27-30,32-33,36,38-44H,2,10,19,26H2,1,3-9,11-18H3,(H,53,63)(H,54,61)(H,55,62)(H,56,64)/t30-,32-,33+,36+,38-,39-,40-,41-,42+,43+,44+/m0/s1. The monoisotopic (exact) mass is 1060 g/mol. The number of methoxy groups -OCH3 is 1. The lowest BCUT2D eigenvalue weighted by atomic mass is 9.95. The lowest BCUT2D eigenvalue weighted by molar-refractivity contribution is -0.191. The molecule has 1 aromatic rings. The van der Waals surface area contributed by atoms with Crippen LogP contribution in [0.2, 0.25) is 0 Å². The molecular weight excluding hydrogens is 977 g/mol. The molecule has 418 valence electrons. The number of ether oxygens (including phenoxy) is 4.